The predicted octanol–water partition coefficient (Wildman–Crippen LogP) is 1.94. The van der Waals surface area contributed by atoms with E-state index < -0.39 is 22.0 Å². The van der Waals surface area contributed by atoms with Crippen molar-refractivity contribution in [2.75, 3.05) is 19.6 Å². The molecule has 1 N–H and O–H groups in total. The summed E-state index contributed by atoms with van der Waals surface area (Å²) in [6.07, 6.45) is 4.91. The maximum Gasteiger partial charge on any atom is 0.326 e. The number of carbonyl (C=O) groups is 2. The number of likely N-dealkylation sites (tertiary alicyclic amines) is 1. The fraction of sp³-hybridized carbons (Fsp3) is 0.556. The zero-order valence-corrected chi connectivity index (χ0v) is 15.5. The van der Waals surface area contributed by atoms with Gasteiger partial charge in [-0.25, -0.2) is 13.2 Å². The van der Waals surface area contributed by atoms with Crippen LogP contribution in [-0.4, -0.2) is 60.3 Å². The summed E-state index contributed by atoms with van der Waals surface area (Å²) in [7, 11) is -3.56. The SMILES string of the molecule is O=C(O)[C@@H]1CCCN1C(=O)c1ccc(S(=O)(=O)N2CCCCCC2)cc1. The summed E-state index contributed by atoms with van der Waals surface area (Å²) in [6.45, 7) is 1.46. The Bertz CT molecular complexity index is 767. The van der Waals surface area contributed by atoms with Gasteiger partial charge in [0.1, 0.15) is 6.04 Å². The molecule has 2 aliphatic heterocycles. The molecule has 1 amide bonds. The molecule has 1 atom stereocenters. The van der Waals surface area contributed by atoms with Crippen molar-refractivity contribution in [1.29, 1.82) is 0 Å². The minimum atomic E-state index is -3.56. The maximum absolute atomic E-state index is 12.8. The van der Waals surface area contributed by atoms with Crippen LogP contribution >= 0.6 is 0 Å². The second-order valence-corrected chi connectivity index (χ2v) is 8.78. The van der Waals surface area contributed by atoms with Crippen LogP contribution < -0.4 is 0 Å². The van der Waals surface area contributed by atoms with E-state index in [9.17, 15) is 23.1 Å². The molecule has 142 valence electrons. The Labute approximate surface area is 153 Å². The van der Waals surface area contributed by atoms with E-state index >= 15 is 0 Å². The van der Waals surface area contributed by atoms with Gasteiger partial charge in [-0.1, -0.05) is 12.8 Å². The van der Waals surface area contributed by atoms with Crippen molar-refractivity contribution in [3.05, 3.63) is 29.8 Å². The Morgan fingerprint density at radius 1 is 0.923 bits per heavy atom. The first-order chi connectivity index (χ1) is 12.4. The van der Waals surface area contributed by atoms with Crippen LogP contribution in [0.25, 0.3) is 0 Å². The van der Waals surface area contributed by atoms with E-state index in [2.05, 4.69) is 0 Å². The molecule has 3 rings (SSSR count). The Morgan fingerprint density at radius 3 is 2.12 bits per heavy atom. The number of carbonyl (C=O) groups excluding carboxylic acids is 1. The topological polar surface area (TPSA) is 95.0 Å². The number of carboxylic acids is 1. The van der Waals surface area contributed by atoms with Gasteiger partial charge in [0.15, 0.2) is 0 Å². The molecule has 7 nitrogen and oxygen atoms in total. The number of hydrogen-bond acceptors (Lipinski definition) is 4. The van der Waals surface area contributed by atoms with Gasteiger partial charge in [0.05, 0.1) is 4.90 Å². The van der Waals surface area contributed by atoms with E-state index in [1.165, 1.54) is 33.5 Å². The van der Waals surface area contributed by atoms with Crippen LogP contribution in [0.3, 0.4) is 0 Å². The number of rotatable bonds is 4. The number of aliphatic carboxylic acids is 1. The van der Waals surface area contributed by atoms with Gasteiger partial charge >= 0.3 is 5.97 Å². The summed E-state index contributed by atoms with van der Waals surface area (Å²) in [4.78, 5) is 25.4. The number of sulfonamides is 1. The summed E-state index contributed by atoms with van der Waals surface area (Å²) in [5, 5.41) is 9.22. The van der Waals surface area contributed by atoms with Gasteiger partial charge in [0.25, 0.3) is 5.91 Å². The van der Waals surface area contributed by atoms with Crippen LogP contribution in [-0.2, 0) is 14.8 Å². The van der Waals surface area contributed by atoms with Crippen molar-refractivity contribution in [3.8, 4) is 0 Å². The standard InChI is InChI=1S/C18H24N2O5S/c21-17(20-13-5-6-16(20)18(22)23)14-7-9-15(10-8-14)26(24,25)19-11-3-1-2-4-12-19/h7-10,16H,1-6,11-13H2,(H,22,23)/t16-/m0/s1. The molecule has 8 heteroatoms. The van der Waals surface area contributed by atoms with Crippen LogP contribution in [0.15, 0.2) is 29.2 Å². The zero-order chi connectivity index (χ0) is 18.7. The molecule has 2 saturated heterocycles. The Balaban J connectivity index is 1.77. The summed E-state index contributed by atoms with van der Waals surface area (Å²) >= 11 is 0. The highest BCUT2D eigenvalue weighted by atomic mass is 32.2. The van der Waals surface area contributed by atoms with Crippen LogP contribution in [0.2, 0.25) is 0 Å². The van der Waals surface area contributed by atoms with Gasteiger partial charge in [-0.2, -0.15) is 4.31 Å². The molecule has 2 aliphatic rings. The number of benzene rings is 1. The number of amides is 1. The van der Waals surface area contributed by atoms with E-state index in [1.807, 2.05) is 0 Å². The quantitative estimate of drug-likeness (QED) is 0.861. The minimum Gasteiger partial charge on any atom is -0.480 e. The molecule has 2 heterocycles. The number of hydrogen-bond donors (Lipinski definition) is 1. The molecule has 0 bridgehead atoms. The highest BCUT2D eigenvalue weighted by Crippen LogP contribution is 2.23. The Kier molecular flexibility index (Phi) is 5.62. The molecule has 26 heavy (non-hydrogen) atoms. The molecule has 2 fully saturated rings. The zero-order valence-electron chi connectivity index (χ0n) is 14.6. The fourth-order valence-electron chi connectivity index (χ4n) is 3.63. The maximum atomic E-state index is 12.8. The molecule has 0 radical (unpaired) electrons. The van der Waals surface area contributed by atoms with Crippen molar-refractivity contribution >= 4 is 21.9 Å². The first-order valence-electron chi connectivity index (χ1n) is 9.05. The second kappa shape index (κ2) is 7.75. The summed E-state index contributed by atoms with van der Waals surface area (Å²) in [5.41, 5.74) is 0.313. The number of carboxylic acid groups (broad SMARTS) is 1. The average Bonchev–Trinajstić information content (AvgIpc) is 2.96. The van der Waals surface area contributed by atoms with Crippen LogP contribution in [0, 0.1) is 0 Å². The molecular formula is C18H24N2O5S. The first kappa shape index (κ1) is 18.8. The molecule has 1 aromatic rings. The highest BCUT2D eigenvalue weighted by Gasteiger charge is 2.34. The second-order valence-electron chi connectivity index (χ2n) is 6.84. The lowest BCUT2D eigenvalue weighted by atomic mass is 10.1. The van der Waals surface area contributed by atoms with Crippen molar-refractivity contribution in [3.63, 3.8) is 0 Å². The number of nitrogens with zero attached hydrogens (tertiary/aromatic N) is 2. The van der Waals surface area contributed by atoms with Crippen LogP contribution in [0.1, 0.15) is 48.9 Å². The Morgan fingerprint density at radius 2 is 1.54 bits per heavy atom. The molecule has 0 aliphatic carbocycles. The lowest BCUT2D eigenvalue weighted by molar-refractivity contribution is -0.141. The van der Waals surface area contributed by atoms with E-state index in [4.69, 9.17) is 0 Å². The van der Waals surface area contributed by atoms with Crippen molar-refractivity contribution < 1.29 is 23.1 Å². The van der Waals surface area contributed by atoms with Gasteiger partial charge in [0.2, 0.25) is 10.0 Å². The molecule has 0 aromatic heterocycles. The fourth-order valence-corrected chi connectivity index (χ4v) is 5.15. The summed E-state index contributed by atoms with van der Waals surface area (Å²) < 4.78 is 27.1. The van der Waals surface area contributed by atoms with Gasteiger partial charge < -0.3 is 10.0 Å². The van der Waals surface area contributed by atoms with Gasteiger partial charge in [-0.05, 0) is 49.9 Å². The molecular weight excluding hydrogens is 356 g/mol. The smallest absolute Gasteiger partial charge is 0.326 e. The average molecular weight is 380 g/mol. The summed E-state index contributed by atoms with van der Waals surface area (Å²) in [6, 6.07) is 5.04. The third-order valence-corrected chi connectivity index (χ3v) is 7.02. The molecule has 0 unspecified atom stereocenters. The minimum absolute atomic E-state index is 0.173. The lowest BCUT2D eigenvalue weighted by Crippen LogP contribution is -2.40. The summed E-state index contributed by atoms with van der Waals surface area (Å²) in [5.74, 6) is -1.37. The van der Waals surface area contributed by atoms with E-state index in [-0.39, 0.29) is 10.8 Å². The predicted molar refractivity (Wildman–Crippen MR) is 95.4 cm³/mol. The van der Waals surface area contributed by atoms with Gasteiger partial charge in [0, 0.05) is 25.2 Å². The third-order valence-electron chi connectivity index (χ3n) is 5.10. The molecule has 0 spiro atoms. The van der Waals surface area contributed by atoms with Crippen molar-refractivity contribution in [1.82, 2.24) is 9.21 Å². The molecule has 0 saturated carbocycles. The molecule has 1 aromatic carbocycles. The monoisotopic (exact) mass is 380 g/mol. The third kappa shape index (κ3) is 3.76. The van der Waals surface area contributed by atoms with Crippen LogP contribution in [0.4, 0.5) is 0 Å². The van der Waals surface area contributed by atoms with Crippen molar-refractivity contribution in [2.45, 2.75) is 49.5 Å². The van der Waals surface area contributed by atoms with Gasteiger partial charge in [-0.15, -0.1) is 0 Å². The highest BCUT2D eigenvalue weighted by molar-refractivity contribution is 7.89. The van der Waals surface area contributed by atoms with Crippen LogP contribution in [0.5, 0.6) is 0 Å². The van der Waals surface area contributed by atoms with E-state index in [0.29, 0.717) is 38.0 Å². The largest absolute Gasteiger partial charge is 0.480 e. The first-order valence-corrected chi connectivity index (χ1v) is 10.5. The Hall–Kier alpha value is -1.93. The van der Waals surface area contributed by atoms with Gasteiger partial charge in [-0.3, -0.25) is 4.79 Å². The van der Waals surface area contributed by atoms with E-state index in [0.717, 1.165) is 25.7 Å². The van der Waals surface area contributed by atoms with Crippen molar-refractivity contribution in [2.24, 2.45) is 0 Å². The lowest BCUT2D eigenvalue weighted by Gasteiger charge is -2.22. The van der Waals surface area contributed by atoms with E-state index in [1.54, 1.807) is 0 Å². The normalized spacial score (nSPS) is 22.2.